The van der Waals surface area contributed by atoms with Crippen molar-refractivity contribution < 1.29 is 5.11 Å². The maximum Gasteiger partial charge on any atom is 0.0802 e. The number of halogens is 1. The van der Waals surface area contributed by atoms with Crippen LogP contribution < -0.4 is 0 Å². The Bertz CT molecular complexity index is 354. The van der Waals surface area contributed by atoms with E-state index in [4.69, 9.17) is 0 Å². The van der Waals surface area contributed by atoms with E-state index >= 15 is 0 Å². The highest BCUT2D eigenvalue weighted by molar-refractivity contribution is 9.10. The second-order valence-electron chi connectivity index (χ2n) is 5.32. The molecule has 0 aliphatic carbocycles. The van der Waals surface area contributed by atoms with Crippen LogP contribution in [0, 0.1) is 0 Å². The number of nitrogens with zero attached hydrogens (tertiary/aromatic N) is 2. The Kier molecular flexibility index (Phi) is 7.61. The summed E-state index contributed by atoms with van der Waals surface area (Å²) in [5.41, 5.74) is 0.991. The van der Waals surface area contributed by atoms with Gasteiger partial charge >= 0.3 is 0 Å². The van der Waals surface area contributed by atoms with Gasteiger partial charge in [-0.05, 0) is 64.8 Å². The van der Waals surface area contributed by atoms with Crippen molar-refractivity contribution in [3.8, 4) is 0 Å². The van der Waals surface area contributed by atoms with Crippen LogP contribution in [0.15, 0.2) is 28.7 Å². The van der Waals surface area contributed by atoms with E-state index in [1.165, 1.54) is 0 Å². The number of rotatable bonds is 8. The number of benzene rings is 1. The van der Waals surface area contributed by atoms with E-state index in [1.807, 2.05) is 24.3 Å². The lowest BCUT2D eigenvalue weighted by Crippen LogP contribution is -2.25. The quantitative estimate of drug-likeness (QED) is 0.794. The predicted molar refractivity (Wildman–Crippen MR) is 84.4 cm³/mol. The standard InChI is InChI=1S/C15H25BrN2O/c1-17(2)10-4-11-18(3)12-9-15(19)13-5-7-14(16)8-6-13/h5-8,15,19H,4,9-12H2,1-3H3. The van der Waals surface area contributed by atoms with E-state index in [1.54, 1.807) is 0 Å². The van der Waals surface area contributed by atoms with Crippen LogP contribution in [0.2, 0.25) is 0 Å². The van der Waals surface area contributed by atoms with Gasteiger partial charge in [-0.1, -0.05) is 28.1 Å². The SMILES string of the molecule is CN(C)CCCN(C)CCC(O)c1ccc(Br)cc1. The summed E-state index contributed by atoms with van der Waals surface area (Å²) < 4.78 is 1.05. The van der Waals surface area contributed by atoms with Gasteiger partial charge in [0.2, 0.25) is 0 Å². The van der Waals surface area contributed by atoms with Gasteiger partial charge in [0.05, 0.1) is 6.10 Å². The average Bonchev–Trinajstić information content (AvgIpc) is 2.36. The first-order valence-electron chi connectivity index (χ1n) is 6.76. The zero-order chi connectivity index (χ0) is 14.3. The van der Waals surface area contributed by atoms with Gasteiger partial charge in [0.15, 0.2) is 0 Å². The summed E-state index contributed by atoms with van der Waals surface area (Å²) in [7, 11) is 6.30. The Morgan fingerprint density at radius 1 is 1.05 bits per heavy atom. The molecule has 0 heterocycles. The smallest absolute Gasteiger partial charge is 0.0802 e. The van der Waals surface area contributed by atoms with E-state index < -0.39 is 0 Å². The monoisotopic (exact) mass is 328 g/mol. The Morgan fingerprint density at radius 3 is 2.26 bits per heavy atom. The first-order chi connectivity index (χ1) is 8.99. The number of aliphatic hydroxyl groups excluding tert-OH is 1. The summed E-state index contributed by atoms with van der Waals surface area (Å²) in [6, 6.07) is 7.89. The van der Waals surface area contributed by atoms with Crippen molar-refractivity contribution in [1.29, 1.82) is 0 Å². The maximum atomic E-state index is 10.1. The van der Waals surface area contributed by atoms with Crippen LogP contribution in [0.1, 0.15) is 24.5 Å². The Labute approximate surface area is 125 Å². The van der Waals surface area contributed by atoms with Crippen LogP contribution >= 0.6 is 15.9 Å². The molecular formula is C15H25BrN2O. The molecule has 0 spiro atoms. The molecule has 1 aromatic carbocycles. The number of hydrogen-bond donors (Lipinski definition) is 1. The number of aliphatic hydroxyl groups is 1. The Balaban J connectivity index is 2.25. The summed E-state index contributed by atoms with van der Waals surface area (Å²) in [6.07, 6.45) is 1.57. The molecule has 1 unspecified atom stereocenters. The van der Waals surface area contributed by atoms with Gasteiger partial charge in [0.1, 0.15) is 0 Å². The molecule has 0 amide bonds. The molecule has 3 nitrogen and oxygen atoms in total. The van der Waals surface area contributed by atoms with Gasteiger partial charge in [-0.2, -0.15) is 0 Å². The van der Waals surface area contributed by atoms with Crippen molar-refractivity contribution >= 4 is 15.9 Å². The molecule has 0 aliphatic heterocycles. The molecule has 0 bridgehead atoms. The first-order valence-corrected chi connectivity index (χ1v) is 7.55. The van der Waals surface area contributed by atoms with Gasteiger partial charge in [0.25, 0.3) is 0 Å². The van der Waals surface area contributed by atoms with E-state index in [0.717, 1.165) is 42.5 Å². The highest BCUT2D eigenvalue weighted by atomic mass is 79.9. The minimum Gasteiger partial charge on any atom is -0.388 e. The van der Waals surface area contributed by atoms with Crippen LogP contribution in [-0.4, -0.2) is 55.7 Å². The zero-order valence-electron chi connectivity index (χ0n) is 12.1. The maximum absolute atomic E-state index is 10.1. The van der Waals surface area contributed by atoms with E-state index in [-0.39, 0.29) is 6.10 Å². The van der Waals surface area contributed by atoms with Gasteiger partial charge in [-0.3, -0.25) is 0 Å². The minimum absolute atomic E-state index is 0.371. The van der Waals surface area contributed by atoms with Crippen molar-refractivity contribution in [1.82, 2.24) is 9.80 Å². The highest BCUT2D eigenvalue weighted by Crippen LogP contribution is 2.19. The van der Waals surface area contributed by atoms with Crippen molar-refractivity contribution in [2.45, 2.75) is 18.9 Å². The molecule has 1 rings (SSSR count). The minimum atomic E-state index is -0.371. The summed E-state index contributed by atoms with van der Waals surface area (Å²) >= 11 is 3.40. The third-order valence-corrected chi connectivity index (χ3v) is 3.71. The highest BCUT2D eigenvalue weighted by Gasteiger charge is 2.08. The predicted octanol–water partition coefficient (Wildman–Crippen LogP) is 2.76. The third kappa shape index (κ3) is 7.06. The van der Waals surface area contributed by atoms with Gasteiger partial charge in [-0.15, -0.1) is 0 Å². The second kappa shape index (κ2) is 8.69. The molecule has 0 fully saturated rings. The lowest BCUT2D eigenvalue weighted by atomic mass is 10.1. The lowest BCUT2D eigenvalue weighted by molar-refractivity contribution is 0.148. The van der Waals surface area contributed by atoms with Crippen LogP contribution in [0.4, 0.5) is 0 Å². The molecule has 1 atom stereocenters. The Hall–Kier alpha value is -0.420. The van der Waals surface area contributed by atoms with Crippen LogP contribution in [0.3, 0.4) is 0 Å². The van der Waals surface area contributed by atoms with E-state index in [9.17, 15) is 5.11 Å². The fraction of sp³-hybridized carbons (Fsp3) is 0.600. The third-order valence-electron chi connectivity index (χ3n) is 3.18. The van der Waals surface area contributed by atoms with Crippen LogP contribution in [0.5, 0.6) is 0 Å². The number of hydrogen-bond acceptors (Lipinski definition) is 3. The van der Waals surface area contributed by atoms with Crippen molar-refractivity contribution in [3.63, 3.8) is 0 Å². The van der Waals surface area contributed by atoms with Crippen LogP contribution in [0.25, 0.3) is 0 Å². The molecule has 1 N–H and O–H groups in total. The van der Waals surface area contributed by atoms with E-state index in [0.29, 0.717) is 0 Å². The van der Waals surface area contributed by atoms with E-state index in [2.05, 4.69) is 46.9 Å². The Morgan fingerprint density at radius 2 is 1.68 bits per heavy atom. The van der Waals surface area contributed by atoms with Crippen molar-refractivity contribution in [2.24, 2.45) is 0 Å². The molecule has 19 heavy (non-hydrogen) atoms. The van der Waals surface area contributed by atoms with Crippen LogP contribution in [-0.2, 0) is 0 Å². The molecule has 0 aliphatic rings. The lowest BCUT2D eigenvalue weighted by Gasteiger charge is -2.20. The topological polar surface area (TPSA) is 26.7 Å². The van der Waals surface area contributed by atoms with Gasteiger partial charge < -0.3 is 14.9 Å². The summed E-state index contributed by atoms with van der Waals surface area (Å²) in [4.78, 5) is 4.48. The summed E-state index contributed by atoms with van der Waals surface area (Å²) in [5.74, 6) is 0. The average molecular weight is 329 g/mol. The molecule has 0 saturated heterocycles. The molecule has 108 valence electrons. The molecule has 4 heteroatoms. The normalized spacial score (nSPS) is 13.2. The first kappa shape index (κ1) is 16.6. The molecule has 0 aromatic heterocycles. The fourth-order valence-corrected chi connectivity index (χ4v) is 2.23. The summed E-state index contributed by atoms with van der Waals surface area (Å²) in [5, 5.41) is 10.1. The molecule has 0 radical (unpaired) electrons. The zero-order valence-corrected chi connectivity index (χ0v) is 13.7. The summed E-state index contributed by atoms with van der Waals surface area (Å²) in [6.45, 7) is 3.11. The second-order valence-corrected chi connectivity index (χ2v) is 6.23. The van der Waals surface area contributed by atoms with Gasteiger partial charge in [-0.25, -0.2) is 0 Å². The fourth-order valence-electron chi connectivity index (χ4n) is 1.96. The molecule has 1 aromatic rings. The van der Waals surface area contributed by atoms with Gasteiger partial charge in [0, 0.05) is 11.0 Å². The molecule has 0 saturated carbocycles. The van der Waals surface area contributed by atoms with Crippen molar-refractivity contribution in [3.05, 3.63) is 34.3 Å². The van der Waals surface area contributed by atoms with Crippen molar-refractivity contribution in [2.75, 3.05) is 40.8 Å². The largest absolute Gasteiger partial charge is 0.388 e. The molecular weight excluding hydrogens is 304 g/mol.